The maximum atomic E-state index is 12.5. The van der Waals surface area contributed by atoms with Gasteiger partial charge in [-0.15, -0.1) is 10.2 Å². The Hall–Kier alpha value is -2.65. The molecule has 3 aromatic rings. The van der Waals surface area contributed by atoms with Gasteiger partial charge >= 0.3 is 0 Å². The third-order valence-electron chi connectivity index (χ3n) is 4.56. The van der Waals surface area contributed by atoms with Gasteiger partial charge in [0, 0.05) is 36.5 Å². The van der Waals surface area contributed by atoms with Crippen molar-refractivity contribution >= 4 is 35.2 Å². The number of anilines is 1. The molecule has 0 bridgehead atoms. The molecule has 1 fully saturated rings. The van der Waals surface area contributed by atoms with Gasteiger partial charge in [-0.2, -0.15) is 0 Å². The largest absolute Gasteiger partial charge is 0.351 e. The van der Waals surface area contributed by atoms with E-state index in [1.807, 2.05) is 28.8 Å². The minimum absolute atomic E-state index is 0.0310. The molecule has 3 heterocycles. The highest BCUT2D eigenvalue weighted by Gasteiger charge is 2.23. The summed E-state index contributed by atoms with van der Waals surface area (Å²) in [6.07, 6.45) is 7.01. The van der Waals surface area contributed by atoms with Crippen LogP contribution in [0.1, 0.15) is 12.8 Å². The summed E-state index contributed by atoms with van der Waals surface area (Å²) in [5, 5.41) is 12.5. The first-order valence-corrected chi connectivity index (χ1v) is 10.7. The first-order chi connectivity index (χ1) is 14.2. The molecule has 1 saturated heterocycles. The van der Waals surface area contributed by atoms with E-state index in [9.17, 15) is 4.79 Å². The second-order valence-electron chi connectivity index (χ2n) is 6.65. The number of nitrogens with one attached hydrogen (secondary N) is 1. The average molecular weight is 430 g/mol. The lowest BCUT2D eigenvalue weighted by molar-refractivity contribution is -0.119. The van der Waals surface area contributed by atoms with Crippen molar-refractivity contribution in [2.75, 3.05) is 23.7 Å². The Kier molecular flexibility index (Phi) is 6.26. The predicted octanol–water partition coefficient (Wildman–Crippen LogP) is 2.59. The van der Waals surface area contributed by atoms with E-state index in [-0.39, 0.29) is 17.7 Å². The van der Waals surface area contributed by atoms with E-state index in [2.05, 4.69) is 30.4 Å². The van der Waals surface area contributed by atoms with Gasteiger partial charge in [0.1, 0.15) is 6.33 Å². The molecule has 1 atom stereocenters. The highest BCUT2D eigenvalue weighted by Crippen LogP contribution is 2.22. The second-order valence-corrected chi connectivity index (χ2v) is 8.03. The molecule has 1 amide bonds. The van der Waals surface area contributed by atoms with E-state index < -0.39 is 0 Å². The molecule has 150 valence electrons. The van der Waals surface area contributed by atoms with Crippen molar-refractivity contribution in [3.8, 4) is 5.69 Å². The summed E-state index contributed by atoms with van der Waals surface area (Å²) in [6.45, 7) is 1.60. The predicted molar refractivity (Wildman–Crippen MR) is 113 cm³/mol. The minimum Gasteiger partial charge on any atom is -0.351 e. The SMILES string of the molecule is O=C(CSc1nncn1-c1cccc(Cl)c1)NC1CCCN(c2ncccn2)C1. The summed E-state index contributed by atoms with van der Waals surface area (Å²) in [5.74, 6) is 0.935. The molecular formula is C19H20ClN7OS. The van der Waals surface area contributed by atoms with Gasteiger partial charge in [-0.25, -0.2) is 9.97 Å². The number of hydrogen-bond acceptors (Lipinski definition) is 7. The topological polar surface area (TPSA) is 88.8 Å². The number of hydrogen-bond donors (Lipinski definition) is 1. The maximum absolute atomic E-state index is 12.5. The smallest absolute Gasteiger partial charge is 0.230 e. The quantitative estimate of drug-likeness (QED) is 0.602. The number of amides is 1. The van der Waals surface area contributed by atoms with Crippen LogP contribution < -0.4 is 10.2 Å². The standard InChI is InChI=1S/C19H20ClN7OS/c20-14-4-1-6-16(10-14)27-13-23-25-19(27)29-12-17(28)24-15-5-2-9-26(11-15)18-21-7-3-8-22-18/h1,3-4,6-8,10,13,15H,2,5,9,11-12H2,(H,24,28). The Bertz CT molecular complexity index is 968. The molecule has 10 heteroatoms. The fraction of sp³-hybridized carbons (Fsp3) is 0.316. The van der Waals surface area contributed by atoms with Gasteiger partial charge < -0.3 is 10.2 Å². The number of piperidine rings is 1. The van der Waals surface area contributed by atoms with Crippen molar-refractivity contribution in [3.63, 3.8) is 0 Å². The monoisotopic (exact) mass is 429 g/mol. The minimum atomic E-state index is -0.0310. The molecule has 1 N–H and O–H groups in total. The molecule has 1 unspecified atom stereocenters. The van der Waals surface area contributed by atoms with Gasteiger partial charge in [0.15, 0.2) is 5.16 Å². The number of aromatic nitrogens is 5. The van der Waals surface area contributed by atoms with Crippen molar-refractivity contribution in [3.05, 3.63) is 54.1 Å². The van der Waals surface area contributed by atoms with Crippen LogP contribution in [-0.4, -0.2) is 55.5 Å². The summed E-state index contributed by atoms with van der Waals surface area (Å²) in [7, 11) is 0. The number of thioether (sulfide) groups is 1. The average Bonchev–Trinajstić information content (AvgIpc) is 3.22. The highest BCUT2D eigenvalue weighted by molar-refractivity contribution is 7.99. The molecule has 1 aromatic carbocycles. The highest BCUT2D eigenvalue weighted by atomic mass is 35.5. The van der Waals surface area contributed by atoms with Gasteiger partial charge in [-0.1, -0.05) is 29.4 Å². The molecule has 29 heavy (non-hydrogen) atoms. The molecule has 0 radical (unpaired) electrons. The zero-order valence-corrected chi connectivity index (χ0v) is 17.2. The van der Waals surface area contributed by atoms with Crippen LogP contribution in [0.5, 0.6) is 0 Å². The molecule has 0 aliphatic carbocycles. The van der Waals surface area contributed by atoms with E-state index in [0.29, 0.717) is 22.7 Å². The molecule has 2 aromatic heterocycles. The third kappa shape index (κ3) is 5.04. The lowest BCUT2D eigenvalue weighted by atomic mass is 10.1. The maximum Gasteiger partial charge on any atom is 0.230 e. The first kappa shape index (κ1) is 19.7. The van der Waals surface area contributed by atoms with E-state index >= 15 is 0 Å². The number of nitrogens with zero attached hydrogens (tertiary/aromatic N) is 6. The normalized spacial score (nSPS) is 16.6. The molecule has 1 aliphatic rings. The van der Waals surface area contributed by atoms with Crippen molar-refractivity contribution in [2.45, 2.75) is 24.0 Å². The molecular weight excluding hydrogens is 410 g/mol. The number of benzene rings is 1. The first-order valence-electron chi connectivity index (χ1n) is 9.29. The summed E-state index contributed by atoms with van der Waals surface area (Å²) in [5.41, 5.74) is 0.858. The van der Waals surface area contributed by atoms with Crippen LogP contribution in [0.15, 0.2) is 54.2 Å². The van der Waals surface area contributed by atoms with Crippen LogP contribution >= 0.6 is 23.4 Å². The van der Waals surface area contributed by atoms with Gasteiger partial charge in [0.05, 0.1) is 11.4 Å². The third-order valence-corrected chi connectivity index (χ3v) is 5.73. The van der Waals surface area contributed by atoms with Gasteiger partial charge in [0.2, 0.25) is 11.9 Å². The number of halogens is 1. The Morgan fingerprint density at radius 3 is 2.97 bits per heavy atom. The van der Waals surface area contributed by atoms with Gasteiger partial charge in [-0.3, -0.25) is 9.36 Å². The van der Waals surface area contributed by atoms with E-state index in [4.69, 9.17) is 11.6 Å². The number of carbonyl (C=O) groups excluding carboxylic acids is 1. The van der Waals surface area contributed by atoms with E-state index in [0.717, 1.165) is 25.1 Å². The second kappa shape index (κ2) is 9.23. The van der Waals surface area contributed by atoms with Crippen molar-refractivity contribution in [1.82, 2.24) is 30.0 Å². The van der Waals surface area contributed by atoms with Crippen LogP contribution in [0.2, 0.25) is 5.02 Å². The Morgan fingerprint density at radius 1 is 1.28 bits per heavy atom. The van der Waals surface area contributed by atoms with Crippen molar-refractivity contribution < 1.29 is 4.79 Å². The molecule has 8 nitrogen and oxygen atoms in total. The zero-order chi connectivity index (χ0) is 20.1. The number of carbonyl (C=O) groups is 1. The number of rotatable bonds is 6. The van der Waals surface area contributed by atoms with Crippen molar-refractivity contribution in [2.24, 2.45) is 0 Å². The Morgan fingerprint density at radius 2 is 2.14 bits per heavy atom. The Labute approximate surface area is 177 Å². The fourth-order valence-corrected chi connectivity index (χ4v) is 4.18. The Balaban J connectivity index is 1.32. The summed E-state index contributed by atoms with van der Waals surface area (Å²) in [4.78, 5) is 23.2. The van der Waals surface area contributed by atoms with E-state index in [1.165, 1.54) is 11.8 Å². The summed E-state index contributed by atoms with van der Waals surface area (Å²) < 4.78 is 1.82. The van der Waals surface area contributed by atoms with Crippen LogP contribution in [0.4, 0.5) is 5.95 Å². The molecule has 4 rings (SSSR count). The van der Waals surface area contributed by atoms with Crippen molar-refractivity contribution in [1.29, 1.82) is 0 Å². The lowest BCUT2D eigenvalue weighted by Crippen LogP contribution is -2.48. The molecule has 1 aliphatic heterocycles. The fourth-order valence-electron chi connectivity index (χ4n) is 3.26. The van der Waals surface area contributed by atoms with Crippen LogP contribution in [0.25, 0.3) is 5.69 Å². The lowest BCUT2D eigenvalue weighted by Gasteiger charge is -2.33. The van der Waals surface area contributed by atoms with Gasteiger partial charge in [-0.05, 0) is 37.1 Å². The van der Waals surface area contributed by atoms with Crippen LogP contribution in [0.3, 0.4) is 0 Å². The summed E-state index contributed by atoms with van der Waals surface area (Å²) >= 11 is 7.41. The molecule has 0 saturated carbocycles. The summed E-state index contributed by atoms with van der Waals surface area (Å²) in [6, 6.07) is 9.30. The molecule has 0 spiro atoms. The van der Waals surface area contributed by atoms with Crippen LogP contribution in [0, 0.1) is 0 Å². The van der Waals surface area contributed by atoms with Gasteiger partial charge in [0.25, 0.3) is 0 Å². The zero-order valence-electron chi connectivity index (χ0n) is 15.6. The van der Waals surface area contributed by atoms with Crippen LogP contribution in [-0.2, 0) is 4.79 Å². The van der Waals surface area contributed by atoms with E-state index in [1.54, 1.807) is 24.8 Å².